The summed E-state index contributed by atoms with van der Waals surface area (Å²) in [5.41, 5.74) is 3.09. The fraction of sp³-hybridized carbons (Fsp3) is 0.500. The monoisotopic (exact) mass is 166 g/mol. The fourth-order valence-corrected chi connectivity index (χ4v) is 1.38. The molecule has 1 rings (SSSR count). The Morgan fingerprint density at radius 2 is 2.25 bits per heavy atom. The average Bonchev–Trinajstić information content (AvgIpc) is 2.30. The van der Waals surface area contributed by atoms with Crippen molar-refractivity contribution in [3.8, 4) is 0 Å². The molecular formula is C10H14O2. The molecule has 0 radical (unpaired) electrons. The predicted octanol–water partition coefficient (Wildman–Crippen LogP) is 2.22. The summed E-state index contributed by atoms with van der Waals surface area (Å²) in [7, 11) is 0. The van der Waals surface area contributed by atoms with E-state index in [0.717, 1.165) is 17.6 Å². The lowest BCUT2D eigenvalue weighted by Gasteiger charge is -2.01. The molecule has 0 amide bonds. The topological polar surface area (TPSA) is 26.3 Å². The van der Waals surface area contributed by atoms with Crippen LogP contribution >= 0.6 is 0 Å². The maximum Gasteiger partial charge on any atom is 0.338 e. The average molecular weight is 166 g/mol. The molecule has 0 aromatic carbocycles. The van der Waals surface area contributed by atoms with Crippen LogP contribution in [-0.4, -0.2) is 12.6 Å². The molecule has 0 atom stereocenters. The summed E-state index contributed by atoms with van der Waals surface area (Å²) in [6.45, 7) is 6.26. The zero-order valence-electron chi connectivity index (χ0n) is 7.81. The van der Waals surface area contributed by atoms with Gasteiger partial charge in [-0.3, -0.25) is 0 Å². The summed E-state index contributed by atoms with van der Waals surface area (Å²) < 4.78 is 4.90. The highest BCUT2D eigenvalue weighted by molar-refractivity contribution is 5.93. The molecule has 1 aliphatic carbocycles. The van der Waals surface area contributed by atoms with Gasteiger partial charge in [0.05, 0.1) is 12.2 Å². The molecule has 66 valence electrons. The van der Waals surface area contributed by atoms with Crippen molar-refractivity contribution in [2.24, 2.45) is 0 Å². The Labute approximate surface area is 72.9 Å². The zero-order chi connectivity index (χ0) is 9.14. The summed E-state index contributed by atoms with van der Waals surface area (Å²) in [4.78, 5) is 11.3. The predicted molar refractivity (Wildman–Crippen MR) is 47.7 cm³/mol. The minimum atomic E-state index is -0.188. The van der Waals surface area contributed by atoms with E-state index in [1.165, 1.54) is 5.57 Å². The van der Waals surface area contributed by atoms with Crippen molar-refractivity contribution in [2.75, 3.05) is 6.61 Å². The molecule has 12 heavy (non-hydrogen) atoms. The normalized spacial score (nSPS) is 16.4. The van der Waals surface area contributed by atoms with Crippen LogP contribution in [-0.2, 0) is 9.53 Å². The van der Waals surface area contributed by atoms with Gasteiger partial charge in [0.15, 0.2) is 0 Å². The van der Waals surface area contributed by atoms with Crippen molar-refractivity contribution in [3.63, 3.8) is 0 Å². The molecule has 0 spiro atoms. The third kappa shape index (κ3) is 1.76. The van der Waals surface area contributed by atoms with Gasteiger partial charge in [0.1, 0.15) is 0 Å². The van der Waals surface area contributed by atoms with E-state index in [2.05, 4.69) is 0 Å². The first-order chi connectivity index (χ1) is 5.65. The Morgan fingerprint density at radius 3 is 2.67 bits per heavy atom. The highest BCUT2D eigenvalue weighted by Gasteiger charge is 2.16. The quantitative estimate of drug-likeness (QED) is 0.588. The highest BCUT2D eigenvalue weighted by atomic mass is 16.5. The van der Waals surface area contributed by atoms with Gasteiger partial charge in [-0.25, -0.2) is 4.79 Å². The molecule has 0 bridgehead atoms. The Morgan fingerprint density at radius 1 is 1.58 bits per heavy atom. The third-order valence-electron chi connectivity index (χ3n) is 1.89. The molecule has 2 nitrogen and oxygen atoms in total. The third-order valence-corrected chi connectivity index (χ3v) is 1.89. The van der Waals surface area contributed by atoms with E-state index in [1.807, 2.05) is 26.8 Å². The van der Waals surface area contributed by atoms with Gasteiger partial charge in [-0.05, 0) is 33.3 Å². The second-order valence-corrected chi connectivity index (χ2v) is 3.08. The van der Waals surface area contributed by atoms with Crippen molar-refractivity contribution in [3.05, 3.63) is 22.8 Å². The maximum absolute atomic E-state index is 11.3. The minimum absolute atomic E-state index is 0.188. The highest BCUT2D eigenvalue weighted by Crippen LogP contribution is 2.25. The van der Waals surface area contributed by atoms with Crippen LogP contribution < -0.4 is 0 Å². The van der Waals surface area contributed by atoms with Crippen molar-refractivity contribution >= 4 is 5.97 Å². The van der Waals surface area contributed by atoms with Gasteiger partial charge in [-0.15, -0.1) is 0 Å². The van der Waals surface area contributed by atoms with Crippen LogP contribution in [0.25, 0.3) is 0 Å². The van der Waals surface area contributed by atoms with Crippen LogP contribution in [0.5, 0.6) is 0 Å². The molecule has 0 aromatic heterocycles. The van der Waals surface area contributed by atoms with Gasteiger partial charge in [0, 0.05) is 0 Å². The van der Waals surface area contributed by atoms with Gasteiger partial charge in [0.2, 0.25) is 0 Å². The first-order valence-corrected chi connectivity index (χ1v) is 4.19. The van der Waals surface area contributed by atoms with Crippen LogP contribution in [0.4, 0.5) is 0 Å². The second-order valence-electron chi connectivity index (χ2n) is 3.08. The first-order valence-electron chi connectivity index (χ1n) is 4.19. The standard InChI is InChI=1S/C10H14O2/c1-4-12-10(11)9-6-7(2)5-8(9)3/h6H,4-5H2,1-3H3. The van der Waals surface area contributed by atoms with E-state index in [-0.39, 0.29) is 5.97 Å². The lowest BCUT2D eigenvalue weighted by atomic mass is 10.1. The van der Waals surface area contributed by atoms with Crippen LogP contribution in [0.2, 0.25) is 0 Å². The van der Waals surface area contributed by atoms with Gasteiger partial charge < -0.3 is 4.74 Å². The SMILES string of the molecule is CCOC(=O)C1=C(C)CC(C)=C1. The summed E-state index contributed by atoms with van der Waals surface area (Å²) in [5.74, 6) is -0.188. The lowest BCUT2D eigenvalue weighted by molar-refractivity contribution is -0.138. The van der Waals surface area contributed by atoms with E-state index in [4.69, 9.17) is 4.74 Å². The fourth-order valence-electron chi connectivity index (χ4n) is 1.38. The number of carbonyl (C=O) groups excluding carboxylic acids is 1. The number of esters is 1. The molecule has 0 unspecified atom stereocenters. The maximum atomic E-state index is 11.3. The van der Waals surface area contributed by atoms with E-state index in [9.17, 15) is 4.79 Å². The van der Waals surface area contributed by atoms with Crippen molar-refractivity contribution < 1.29 is 9.53 Å². The molecule has 2 heteroatoms. The van der Waals surface area contributed by atoms with Gasteiger partial charge in [-0.1, -0.05) is 11.1 Å². The van der Waals surface area contributed by atoms with Crippen molar-refractivity contribution in [1.29, 1.82) is 0 Å². The summed E-state index contributed by atoms with van der Waals surface area (Å²) in [6.07, 6.45) is 2.82. The Kier molecular flexibility index (Phi) is 2.69. The number of hydrogen-bond acceptors (Lipinski definition) is 2. The van der Waals surface area contributed by atoms with Gasteiger partial charge >= 0.3 is 5.97 Å². The van der Waals surface area contributed by atoms with Crippen molar-refractivity contribution in [2.45, 2.75) is 27.2 Å². The molecule has 0 saturated carbocycles. The van der Waals surface area contributed by atoms with Crippen molar-refractivity contribution in [1.82, 2.24) is 0 Å². The van der Waals surface area contributed by atoms with Gasteiger partial charge in [0.25, 0.3) is 0 Å². The van der Waals surface area contributed by atoms with Gasteiger partial charge in [-0.2, -0.15) is 0 Å². The Bertz CT molecular complexity index is 259. The molecule has 0 heterocycles. The lowest BCUT2D eigenvalue weighted by Crippen LogP contribution is -2.06. The summed E-state index contributed by atoms with van der Waals surface area (Å²) in [5, 5.41) is 0. The number of allylic oxidation sites excluding steroid dienone is 2. The largest absolute Gasteiger partial charge is 0.462 e. The number of carbonyl (C=O) groups is 1. The molecule has 0 N–H and O–H groups in total. The van der Waals surface area contributed by atoms with Crippen LogP contribution in [0.1, 0.15) is 27.2 Å². The first kappa shape index (κ1) is 9.04. The molecule has 1 aliphatic rings. The van der Waals surface area contributed by atoms with Crippen LogP contribution in [0.15, 0.2) is 22.8 Å². The minimum Gasteiger partial charge on any atom is -0.462 e. The number of ether oxygens (including phenoxy) is 1. The van der Waals surface area contributed by atoms with E-state index >= 15 is 0 Å². The van der Waals surface area contributed by atoms with E-state index < -0.39 is 0 Å². The molecule has 0 fully saturated rings. The summed E-state index contributed by atoms with van der Waals surface area (Å²) in [6, 6.07) is 0. The Balaban J connectivity index is 2.74. The molecule has 0 aliphatic heterocycles. The second kappa shape index (κ2) is 3.57. The van der Waals surface area contributed by atoms with E-state index in [0.29, 0.717) is 6.61 Å². The zero-order valence-corrected chi connectivity index (χ0v) is 7.81. The van der Waals surface area contributed by atoms with E-state index in [1.54, 1.807) is 0 Å². The molecular weight excluding hydrogens is 152 g/mol. The smallest absolute Gasteiger partial charge is 0.338 e. The van der Waals surface area contributed by atoms with Crippen LogP contribution in [0, 0.1) is 0 Å². The van der Waals surface area contributed by atoms with Crippen LogP contribution in [0.3, 0.4) is 0 Å². The number of hydrogen-bond donors (Lipinski definition) is 0. The molecule has 0 saturated heterocycles. The summed E-state index contributed by atoms with van der Waals surface area (Å²) >= 11 is 0. The molecule has 0 aromatic rings. The Hall–Kier alpha value is -1.05. The number of rotatable bonds is 2.